The molecule has 2 N–H and O–H groups in total. The number of rotatable bonds is 1. The Hall–Kier alpha value is -1.22. The highest BCUT2D eigenvalue weighted by molar-refractivity contribution is 14.1. The van der Waals surface area contributed by atoms with Gasteiger partial charge in [0, 0.05) is 6.07 Å². The zero-order valence-electron chi connectivity index (χ0n) is 9.87. The molecular formula is C13H7BrF2IN3. The number of nitrogens with two attached hydrogens (primary N) is 1. The summed E-state index contributed by atoms with van der Waals surface area (Å²) >= 11 is 4.98. The Bertz CT molecular complexity index is 832. The number of anilines is 1. The molecule has 0 saturated carbocycles. The lowest BCUT2D eigenvalue weighted by atomic mass is 10.2. The topological polar surface area (TPSA) is 43.8 Å². The quantitative estimate of drug-likeness (QED) is 0.564. The van der Waals surface area contributed by atoms with Crippen molar-refractivity contribution in [3.05, 3.63) is 50.0 Å². The lowest BCUT2D eigenvalue weighted by Gasteiger charge is -2.07. The van der Waals surface area contributed by atoms with Crippen molar-refractivity contribution >= 4 is 55.5 Å². The zero-order valence-corrected chi connectivity index (χ0v) is 13.6. The summed E-state index contributed by atoms with van der Waals surface area (Å²) in [7, 11) is 0. The van der Waals surface area contributed by atoms with E-state index < -0.39 is 5.82 Å². The van der Waals surface area contributed by atoms with Crippen LogP contribution in [0, 0.1) is 15.2 Å². The van der Waals surface area contributed by atoms with Gasteiger partial charge in [-0.1, -0.05) is 0 Å². The number of hydrogen-bond donors (Lipinski definition) is 1. The van der Waals surface area contributed by atoms with Crippen LogP contribution < -0.4 is 5.73 Å². The minimum atomic E-state index is -0.422. The molecule has 2 aromatic carbocycles. The number of hydrogen-bond acceptors (Lipinski definition) is 2. The Morgan fingerprint density at radius 1 is 1.15 bits per heavy atom. The molecule has 0 aliphatic heterocycles. The van der Waals surface area contributed by atoms with Crippen LogP contribution in [-0.4, -0.2) is 9.55 Å². The van der Waals surface area contributed by atoms with Gasteiger partial charge in [0.1, 0.15) is 11.6 Å². The predicted octanol–water partition coefficient (Wildman–Crippen LogP) is 4.25. The Kier molecular flexibility index (Phi) is 3.41. The standard InChI is InChI=1S/C13H7BrF2IN3/c14-7-2-1-6(3-8(7)15)20-12-4-9(16)10(17)5-11(12)19-13(20)18/h1-5H,(H2,18,19). The third-order valence-electron chi connectivity index (χ3n) is 2.88. The summed E-state index contributed by atoms with van der Waals surface area (Å²) in [4.78, 5) is 4.18. The molecule has 0 fully saturated rings. The van der Waals surface area contributed by atoms with Gasteiger partial charge in [-0.25, -0.2) is 13.8 Å². The summed E-state index contributed by atoms with van der Waals surface area (Å²) in [5, 5.41) is 0. The fourth-order valence-corrected chi connectivity index (χ4v) is 2.68. The second-order valence-electron chi connectivity index (χ2n) is 4.16. The molecule has 0 atom stereocenters. The van der Waals surface area contributed by atoms with Gasteiger partial charge >= 0.3 is 0 Å². The van der Waals surface area contributed by atoms with Crippen molar-refractivity contribution in [3.8, 4) is 5.69 Å². The fourth-order valence-electron chi connectivity index (χ4n) is 1.99. The molecular weight excluding hydrogens is 443 g/mol. The van der Waals surface area contributed by atoms with Crippen LogP contribution in [0.25, 0.3) is 16.7 Å². The van der Waals surface area contributed by atoms with E-state index in [1.54, 1.807) is 18.2 Å². The SMILES string of the molecule is Nc1nc2cc(I)c(F)cc2n1-c1ccc(Br)c(F)c1. The van der Waals surface area contributed by atoms with E-state index in [0.29, 0.717) is 24.8 Å². The van der Waals surface area contributed by atoms with Gasteiger partial charge in [-0.2, -0.15) is 0 Å². The number of nitrogen functional groups attached to an aromatic ring is 1. The van der Waals surface area contributed by atoms with Crippen molar-refractivity contribution in [2.24, 2.45) is 0 Å². The third kappa shape index (κ3) is 2.18. The van der Waals surface area contributed by atoms with Gasteiger partial charge in [-0.3, -0.25) is 4.57 Å². The van der Waals surface area contributed by atoms with Crippen LogP contribution in [-0.2, 0) is 0 Å². The van der Waals surface area contributed by atoms with E-state index in [0.717, 1.165) is 0 Å². The summed E-state index contributed by atoms with van der Waals surface area (Å²) < 4.78 is 29.7. The molecule has 0 spiro atoms. The first-order valence-electron chi connectivity index (χ1n) is 5.56. The van der Waals surface area contributed by atoms with Crippen molar-refractivity contribution < 1.29 is 8.78 Å². The Morgan fingerprint density at radius 2 is 1.90 bits per heavy atom. The molecule has 0 aliphatic carbocycles. The molecule has 1 heterocycles. The molecule has 7 heteroatoms. The maximum absolute atomic E-state index is 13.7. The number of nitrogens with zero attached hydrogens (tertiary/aromatic N) is 2. The number of benzene rings is 2. The lowest BCUT2D eigenvalue weighted by Crippen LogP contribution is -2.01. The molecule has 0 radical (unpaired) electrons. The summed E-state index contributed by atoms with van der Waals surface area (Å²) in [6.45, 7) is 0. The molecule has 0 amide bonds. The van der Waals surface area contributed by atoms with Crippen molar-refractivity contribution in [3.63, 3.8) is 0 Å². The van der Waals surface area contributed by atoms with Gasteiger partial charge in [0.15, 0.2) is 0 Å². The predicted molar refractivity (Wildman–Crippen MR) is 85.8 cm³/mol. The Morgan fingerprint density at radius 3 is 2.60 bits per heavy atom. The van der Waals surface area contributed by atoms with E-state index in [1.165, 1.54) is 16.7 Å². The lowest BCUT2D eigenvalue weighted by molar-refractivity contribution is 0.620. The van der Waals surface area contributed by atoms with E-state index in [2.05, 4.69) is 20.9 Å². The van der Waals surface area contributed by atoms with Crippen molar-refractivity contribution in [1.29, 1.82) is 0 Å². The van der Waals surface area contributed by atoms with Crippen molar-refractivity contribution in [2.45, 2.75) is 0 Å². The van der Waals surface area contributed by atoms with Gasteiger partial charge < -0.3 is 5.73 Å². The first-order chi connectivity index (χ1) is 9.47. The molecule has 0 unspecified atom stereocenters. The highest BCUT2D eigenvalue weighted by Gasteiger charge is 2.14. The summed E-state index contributed by atoms with van der Waals surface area (Å²) in [6.07, 6.45) is 0. The molecule has 102 valence electrons. The fraction of sp³-hybridized carbons (Fsp3) is 0. The number of aromatic nitrogens is 2. The molecule has 0 saturated heterocycles. The maximum atomic E-state index is 13.7. The van der Waals surface area contributed by atoms with Gasteiger partial charge in [0.25, 0.3) is 0 Å². The molecule has 0 aliphatic rings. The van der Waals surface area contributed by atoms with Gasteiger partial charge in [0.2, 0.25) is 5.95 Å². The van der Waals surface area contributed by atoms with Crippen LogP contribution in [0.3, 0.4) is 0 Å². The molecule has 3 rings (SSSR count). The minimum absolute atomic E-state index is 0.183. The monoisotopic (exact) mass is 449 g/mol. The summed E-state index contributed by atoms with van der Waals surface area (Å²) in [5.74, 6) is -0.602. The second-order valence-corrected chi connectivity index (χ2v) is 6.18. The minimum Gasteiger partial charge on any atom is -0.369 e. The van der Waals surface area contributed by atoms with E-state index >= 15 is 0 Å². The second kappa shape index (κ2) is 4.96. The average Bonchev–Trinajstić information content (AvgIpc) is 2.69. The molecule has 20 heavy (non-hydrogen) atoms. The van der Waals surface area contributed by atoms with E-state index in [1.807, 2.05) is 22.6 Å². The zero-order chi connectivity index (χ0) is 14.4. The highest BCUT2D eigenvalue weighted by Crippen LogP contribution is 2.28. The Labute approximate surface area is 135 Å². The molecule has 1 aromatic heterocycles. The molecule has 3 nitrogen and oxygen atoms in total. The Balaban J connectivity index is 2.32. The van der Waals surface area contributed by atoms with Crippen LogP contribution in [0.1, 0.15) is 0 Å². The molecule has 3 aromatic rings. The largest absolute Gasteiger partial charge is 0.369 e. The van der Waals surface area contributed by atoms with Crippen molar-refractivity contribution in [2.75, 3.05) is 5.73 Å². The van der Waals surface area contributed by atoms with E-state index in [4.69, 9.17) is 5.73 Å². The first-order valence-corrected chi connectivity index (χ1v) is 7.43. The van der Waals surface area contributed by atoms with Gasteiger partial charge in [-0.15, -0.1) is 0 Å². The van der Waals surface area contributed by atoms with Gasteiger partial charge in [-0.05, 0) is 62.8 Å². The van der Waals surface area contributed by atoms with Crippen molar-refractivity contribution in [1.82, 2.24) is 9.55 Å². The van der Waals surface area contributed by atoms with Crippen LogP contribution >= 0.6 is 38.5 Å². The van der Waals surface area contributed by atoms with Crippen LogP contribution in [0.2, 0.25) is 0 Å². The van der Waals surface area contributed by atoms with Crippen LogP contribution in [0.15, 0.2) is 34.8 Å². The summed E-state index contributed by atoms with van der Waals surface area (Å²) in [6, 6.07) is 7.52. The van der Waals surface area contributed by atoms with Crippen LogP contribution in [0.4, 0.5) is 14.7 Å². The normalized spacial score (nSPS) is 11.2. The number of fused-ring (bicyclic) bond motifs is 1. The highest BCUT2D eigenvalue weighted by atomic mass is 127. The maximum Gasteiger partial charge on any atom is 0.205 e. The number of imidazole rings is 1. The smallest absolute Gasteiger partial charge is 0.205 e. The number of halogens is 4. The first kappa shape index (κ1) is 13.7. The van der Waals surface area contributed by atoms with Gasteiger partial charge in [0.05, 0.1) is 24.8 Å². The van der Waals surface area contributed by atoms with E-state index in [-0.39, 0.29) is 11.8 Å². The molecule has 0 bridgehead atoms. The van der Waals surface area contributed by atoms with E-state index in [9.17, 15) is 8.78 Å². The third-order valence-corrected chi connectivity index (χ3v) is 4.35. The average molecular weight is 450 g/mol. The van der Waals surface area contributed by atoms with Crippen LogP contribution in [0.5, 0.6) is 0 Å². The summed E-state index contributed by atoms with van der Waals surface area (Å²) in [5.41, 5.74) is 7.43.